The first-order chi connectivity index (χ1) is 22.0. The van der Waals surface area contributed by atoms with Gasteiger partial charge in [0.1, 0.15) is 22.9 Å². The number of rotatable bonds is 14. The minimum atomic E-state index is -0.238. The summed E-state index contributed by atoms with van der Waals surface area (Å²) in [6.07, 6.45) is 0. The first kappa shape index (κ1) is 34.6. The van der Waals surface area contributed by atoms with Crippen LogP contribution in [0.4, 0.5) is 28.4 Å². The number of azo groups is 2. The number of benzene rings is 5. The van der Waals surface area contributed by atoms with E-state index in [1.807, 2.05) is 30.3 Å². The van der Waals surface area contributed by atoms with Gasteiger partial charge in [0.15, 0.2) is 12.5 Å². The van der Waals surface area contributed by atoms with Crippen LogP contribution in [0.1, 0.15) is 0 Å². The number of hydrogen-bond donors (Lipinski definition) is 5. The quantitative estimate of drug-likeness (QED) is 0.0183. The van der Waals surface area contributed by atoms with Gasteiger partial charge in [0, 0.05) is 39.1 Å². The molecule has 0 saturated heterocycles. The first-order valence-corrected chi connectivity index (χ1v) is 14.3. The zero-order valence-corrected chi connectivity index (χ0v) is 25.8. The van der Waals surface area contributed by atoms with E-state index < -0.39 is 0 Å². The summed E-state index contributed by atoms with van der Waals surface area (Å²) in [5.41, 5.74) is 1.87. The van der Waals surface area contributed by atoms with Crippen molar-refractivity contribution >= 4 is 63.3 Å². The Balaban J connectivity index is 0.00000480. The molecule has 241 valence electrons. The number of anilines is 1. The topological polar surface area (TPSA) is 189 Å². The van der Waals surface area contributed by atoms with E-state index in [4.69, 9.17) is 15.3 Å². The Morgan fingerprint density at radius 1 is 0.696 bits per heavy atom. The smallest absolute Gasteiger partial charge is 0.159 e. The summed E-state index contributed by atoms with van der Waals surface area (Å²) in [7, 11) is 0. The molecular weight excluding hydrogens is 690 g/mol. The van der Waals surface area contributed by atoms with Gasteiger partial charge >= 0.3 is 0 Å². The average molecular weight is 713 g/mol. The van der Waals surface area contributed by atoms with Gasteiger partial charge < -0.3 is 20.3 Å². The number of aromatic hydroxyl groups is 2. The van der Waals surface area contributed by atoms with Crippen LogP contribution in [0, 0.1) is 0 Å². The van der Waals surface area contributed by atoms with Crippen molar-refractivity contribution in [3.63, 3.8) is 0 Å². The van der Waals surface area contributed by atoms with Crippen molar-refractivity contribution in [3.05, 3.63) is 97.1 Å². The molecule has 46 heavy (non-hydrogen) atoms. The van der Waals surface area contributed by atoms with Crippen molar-refractivity contribution in [2.24, 2.45) is 20.5 Å². The minimum absolute atomic E-state index is 0. The number of nitrogens with one attached hydrogen (secondary N) is 1. The van der Waals surface area contributed by atoms with Crippen LogP contribution >= 0.6 is 24.1 Å². The Morgan fingerprint density at radius 3 is 2.15 bits per heavy atom. The van der Waals surface area contributed by atoms with Crippen molar-refractivity contribution in [1.82, 2.24) is 0 Å². The molecule has 0 aliphatic heterocycles. The Morgan fingerprint density at radius 2 is 1.41 bits per heavy atom. The molecule has 5 N–H and O–H groups in total. The van der Waals surface area contributed by atoms with E-state index >= 15 is 0 Å². The molecule has 17 heteroatoms. The molecular formula is C29H23CuN5O9S2. The predicted octanol–water partition coefficient (Wildman–Crippen LogP) is 9.38. The first-order valence-electron chi connectivity index (χ1n) is 12.8. The van der Waals surface area contributed by atoms with Crippen molar-refractivity contribution in [2.75, 3.05) is 12.0 Å². The van der Waals surface area contributed by atoms with E-state index in [1.165, 1.54) is 12.1 Å². The van der Waals surface area contributed by atoms with Crippen LogP contribution in [0.25, 0.3) is 10.8 Å². The van der Waals surface area contributed by atoms with Crippen LogP contribution in [0.3, 0.4) is 0 Å². The van der Waals surface area contributed by atoms with Crippen molar-refractivity contribution in [2.45, 2.75) is 9.79 Å². The number of phenolic OH excluding ortho intramolecular Hbond substituents is 2. The molecule has 1 radical (unpaired) electrons. The van der Waals surface area contributed by atoms with Crippen molar-refractivity contribution in [1.29, 1.82) is 0 Å². The van der Waals surface area contributed by atoms with Gasteiger partial charge in [0.05, 0.1) is 40.4 Å². The van der Waals surface area contributed by atoms with Crippen molar-refractivity contribution in [3.8, 4) is 17.2 Å². The molecule has 5 aromatic carbocycles. The van der Waals surface area contributed by atoms with Crippen molar-refractivity contribution < 1.29 is 61.3 Å². The fourth-order valence-corrected chi connectivity index (χ4v) is 4.74. The van der Waals surface area contributed by atoms with E-state index in [0.717, 1.165) is 17.7 Å². The summed E-state index contributed by atoms with van der Waals surface area (Å²) in [4.78, 5) is 0.915. The number of fused-ring (bicyclic) bond motifs is 1. The fourth-order valence-electron chi connectivity index (χ4n) is 3.89. The van der Waals surface area contributed by atoms with Crippen LogP contribution in [-0.2, 0) is 35.8 Å². The normalized spacial score (nSPS) is 11.3. The Kier molecular flexibility index (Phi) is 13.1. The second-order valence-electron chi connectivity index (χ2n) is 8.81. The van der Waals surface area contributed by atoms with Gasteiger partial charge in [-0.3, -0.25) is 0 Å². The van der Waals surface area contributed by atoms with E-state index in [-0.39, 0.29) is 51.6 Å². The Bertz CT molecular complexity index is 1800. The van der Waals surface area contributed by atoms with Gasteiger partial charge in [-0.25, -0.2) is 10.5 Å². The maximum absolute atomic E-state index is 11.1. The molecule has 0 aliphatic rings. The molecule has 0 aromatic heterocycles. The van der Waals surface area contributed by atoms with E-state index in [9.17, 15) is 10.2 Å². The monoisotopic (exact) mass is 712 g/mol. The van der Waals surface area contributed by atoms with Crippen LogP contribution < -0.4 is 10.1 Å². The molecule has 0 atom stereocenters. The molecule has 14 nitrogen and oxygen atoms in total. The standard InChI is InChI=1S/C29H23N5O9S2.Cu/c35-26-16-21(32-31-20-6-10-23(11-7-20)44-42-40-37)8-13-25(26)33-34-28-27(45-43-41-38)15-18-14-22(9-12-24(18)29(28)36)39-17-30-19-4-2-1-3-5-19;/h1-16,30,35-38H,17H2;. The Hall–Kier alpha value is -4.26. The molecule has 0 aliphatic carbocycles. The number of nitrogens with zero attached hydrogens (tertiary/aromatic N) is 4. The van der Waals surface area contributed by atoms with Gasteiger partial charge in [0.2, 0.25) is 0 Å². The zero-order valence-electron chi connectivity index (χ0n) is 23.2. The summed E-state index contributed by atoms with van der Waals surface area (Å²) < 4.78 is 14.8. The molecule has 0 heterocycles. The fraction of sp³-hybridized carbons (Fsp3) is 0.0345. The second-order valence-corrected chi connectivity index (χ2v) is 10.3. The number of ether oxygens (including phenoxy) is 1. The van der Waals surface area contributed by atoms with Gasteiger partial charge in [-0.05, 0) is 78.2 Å². The SMILES string of the molecule is OOOSc1ccc(N=Nc2ccc(N=Nc3c(SOOO)cc4cc(OCNc5ccccc5)ccc4c3O)c(O)c2)cc1.[Cu]. The summed E-state index contributed by atoms with van der Waals surface area (Å²) in [5.74, 6) is 0.0772. The Labute approximate surface area is 280 Å². The predicted molar refractivity (Wildman–Crippen MR) is 165 cm³/mol. The molecule has 0 bridgehead atoms. The molecule has 0 amide bonds. The minimum Gasteiger partial charge on any atom is -0.506 e. The molecule has 0 saturated carbocycles. The molecule has 0 unspecified atom stereocenters. The van der Waals surface area contributed by atoms with E-state index in [0.29, 0.717) is 44.8 Å². The molecule has 0 fully saturated rings. The molecule has 5 rings (SSSR count). The molecule has 0 spiro atoms. The molecule has 5 aromatic rings. The van der Waals surface area contributed by atoms with E-state index in [2.05, 4.69) is 44.5 Å². The van der Waals surface area contributed by atoms with Gasteiger partial charge in [-0.15, -0.1) is 18.9 Å². The maximum Gasteiger partial charge on any atom is 0.159 e. The van der Waals surface area contributed by atoms with Gasteiger partial charge in [0.25, 0.3) is 0 Å². The van der Waals surface area contributed by atoms with Crippen LogP contribution in [0.15, 0.2) is 127 Å². The number of phenols is 2. The third-order valence-corrected chi connectivity index (χ3v) is 7.17. The third kappa shape index (κ3) is 9.38. The number of para-hydroxylation sites is 1. The average Bonchev–Trinajstić information content (AvgIpc) is 3.06. The second kappa shape index (κ2) is 17.4. The summed E-state index contributed by atoms with van der Waals surface area (Å²) in [5, 5.41) is 66.5. The van der Waals surface area contributed by atoms with Crippen LogP contribution in [0.2, 0.25) is 0 Å². The van der Waals surface area contributed by atoms with Gasteiger partial charge in [-0.1, -0.05) is 28.3 Å². The summed E-state index contributed by atoms with van der Waals surface area (Å²) >= 11 is 1.41. The third-order valence-electron chi connectivity index (χ3n) is 5.96. The van der Waals surface area contributed by atoms with Crippen LogP contribution in [-0.4, -0.2) is 27.5 Å². The zero-order chi connectivity index (χ0) is 31.4. The van der Waals surface area contributed by atoms with E-state index in [1.54, 1.807) is 54.6 Å². The number of hydrogen-bond acceptors (Lipinski definition) is 16. The largest absolute Gasteiger partial charge is 0.506 e. The van der Waals surface area contributed by atoms with Crippen LogP contribution in [0.5, 0.6) is 17.2 Å². The maximum atomic E-state index is 11.1. The van der Waals surface area contributed by atoms with Gasteiger partial charge in [-0.2, -0.15) is 10.2 Å². The summed E-state index contributed by atoms with van der Waals surface area (Å²) in [6.45, 7) is 0.213. The summed E-state index contributed by atoms with van der Waals surface area (Å²) in [6, 6.07) is 27.4.